The maximum absolute atomic E-state index is 13.0. The lowest BCUT2D eigenvalue weighted by Crippen LogP contribution is -2.49. The van der Waals surface area contributed by atoms with Crippen molar-refractivity contribution in [3.05, 3.63) is 59.1 Å². The fourth-order valence-corrected chi connectivity index (χ4v) is 3.87. The van der Waals surface area contributed by atoms with E-state index in [1.54, 1.807) is 17.5 Å². The van der Waals surface area contributed by atoms with Crippen LogP contribution in [0.5, 0.6) is 0 Å². The van der Waals surface area contributed by atoms with Gasteiger partial charge in [0.05, 0.1) is 23.0 Å². The van der Waals surface area contributed by atoms with Gasteiger partial charge in [0.2, 0.25) is 11.8 Å². The van der Waals surface area contributed by atoms with E-state index in [4.69, 9.17) is 4.42 Å². The lowest BCUT2D eigenvalue weighted by atomic mass is 10.0. The van der Waals surface area contributed by atoms with Crippen LogP contribution in [-0.2, 0) is 11.2 Å². The van der Waals surface area contributed by atoms with Crippen molar-refractivity contribution in [2.45, 2.75) is 19.4 Å². The van der Waals surface area contributed by atoms with Gasteiger partial charge in [-0.2, -0.15) is 0 Å². The molecule has 0 radical (unpaired) electrons. The molecule has 1 amide bonds. The number of thiophene rings is 1. The number of hydrogen-bond acceptors (Lipinski definition) is 6. The molecule has 1 N–H and O–H groups in total. The Morgan fingerprint density at radius 2 is 2.21 bits per heavy atom. The van der Waals surface area contributed by atoms with E-state index in [1.807, 2.05) is 47.7 Å². The molecule has 3 aromatic heterocycles. The molecular formula is C19H22Cl2N4O2S. The Morgan fingerprint density at radius 3 is 2.93 bits per heavy atom. The second-order valence-corrected chi connectivity index (χ2v) is 7.22. The molecule has 150 valence electrons. The van der Waals surface area contributed by atoms with Crippen LogP contribution in [0.1, 0.15) is 23.1 Å². The Bertz CT molecular complexity index is 887. The van der Waals surface area contributed by atoms with Gasteiger partial charge in [0.1, 0.15) is 5.76 Å². The minimum absolute atomic E-state index is 0. The van der Waals surface area contributed by atoms with E-state index in [1.165, 1.54) is 0 Å². The van der Waals surface area contributed by atoms with Crippen molar-refractivity contribution >= 4 is 42.1 Å². The Labute approximate surface area is 180 Å². The molecular weight excluding hydrogens is 419 g/mol. The number of halogens is 2. The number of hydrogen-bond donors (Lipinski definition) is 1. The van der Waals surface area contributed by atoms with Gasteiger partial charge >= 0.3 is 0 Å². The summed E-state index contributed by atoms with van der Waals surface area (Å²) in [5.74, 6) is 1.36. The molecule has 4 rings (SSSR count). The van der Waals surface area contributed by atoms with Gasteiger partial charge in [-0.15, -0.1) is 36.2 Å². The van der Waals surface area contributed by atoms with Crippen molar-refractivity contribution in [2.75, 3.05) is 19.6 Å². The summed E-state index contributed by atoms with van der Waals surface area (Å²) in [7, 11) is 0. The third-order valence-electron chi connectivity index (χ3n) is 4.58. The molecule has 0 aromatic carbocycles. The monoisotopic (exact) mass is 440 g/mol. The zero-order chi connectivity index (χ0) is 17.9. The number of amides is 1. The predicted octanol–water partition coefficient (Wildman–Crippen LogP) is 3.67. The van der Waals surface area contributed by atoms with E-state index in [9.17, 15) is 4.79 Å². The van der Waals surface area contributed by atoms with E-state index in [0.29, 0.717) is 23.9 Å². The number of piperazine rings is 1. The Hall–Kier alpha value is -1.93. The second kappa shape index (κ2) is 10.0. The van der Waals surface area contributed by atoms with Crippen LogP contribution in [0.2, 0.25) is 0 Å². The van der Waals surface area contributed by atoms with Gasteiger partial charge in [-0.05, 0) is 30.0 Å². The quantitative estimate of drug-likeness (QED) is 0.669. The molecule has 0 bridgehead atoms. The van der Waals surface area contributed by atoms with E-state index in [2.05, 4.69) is 15.3 Å². The first-order valence-corrected chi connectivity index (χ1v) is 9.50. The van der Waals surface area contributed by atoms with Crippen LogP contribution >= 0.6 is 36.2 Å². The van der Waals surface area contributed by atoms with Crippen LogP contribution in [-0.4, -0.2) is 40.4 Å². The molecule has 1 unspecified atom stereocenters. The molecule has 0 saturated carbocycles. The number of nitrogens with one attached hydrogen (secondary N) is 1. The number of rotatable bonds is 4. The van der Waals surface area contributed by atoms with Crippen LogP contribution in [0.4, 0.5) is 0 Å². The second-order valence-electron chi connectivity index (χ2n) is 6.27. The SMILES string of the molecule is Cc1oc(-c2cccs2)nc1CC(=O)N1CCNCC1c1cccnc1.Cl.Cl. The lowest BCUT2D eigenvalue weighted by Gasteiger charge is -2.36. The smallest absolute Gasteiger partial charge is 0.236 e. The number of aryl methyl sites for hydroxylation is 1. The first-order chi connectivity index (χ1) is 12.7. The van der Waals surface area contributed by atoms with Gasteiger partial charge in [0, 0.05) is 32.0 Å². The molecule has 1 aliphatic heterocycles. The lowest BCUT2D eigenvalue weighted by molar-refractivity contribution is -0.133. The molecule has 1 aliphatic rings. The van der Waals surface area contributed by atoms with Crippen molar-refractivity contribution in [1.82, 2.24) is 20.2 Å². The minimum Gasteiger partial charge on any atom is -0.440 e. The maximum Gasteiger partial charge on any atom is 0.236 e. The molecule has 28 heavy (non-hydrogen) atoms. The molecule has 9 heteroatoms. The first kappa shape index (κ1) is 22.4. The zero-order valence-electron chi connectivity index (χ0n) is 15.3. The van der Waals surface area contributed by atoms with Crippen LogP contribution in [0, 0.1) is 6.92 Å². The highest BCUT2D eigenvalue weighted by Gasteiger charge is 2.29. The molecule has 0 spiro atoms. The summed E-state index contributed by atoms with van der Waals surface area (Å²) in [6.45, 7) is 4.06. The highest BCUT2D eigenvalue weighted by molar-refractivity contribution is 7.13. The van der Waals surface area contributed by atoms with E-state index >= 15 is 0 Å². The summed E-state index contributed by atoms with van der Waals surface area (Å²) >= 11 is 1.58. The summed E-state index contributed by atoms with van der Waals surface area (Å²) in [5, 5.41) is 5.35. The topological polar surface area (TPSA) is 71.3 Å². The molecule has 0 aliphatic carbocycles. The Morgan fingerprint density at radius 1 is 1.36 bits per heavy atom. The van der Waals surface area contributed by atoms with Crippen LogP contribution in [0.3, 0.4) is 0 Å². The highest BCUT2D eigenvalue weighted by atomic mass is 35.5. The van der Waals surface area contributed by atoms with Crippen molar-refractivity contribution in [1.29, 1.82) is 0 Å². The summed E-state index contributed by atoms with van der Waals surface area (Å²) < 4.78 is 5.76. The van der Waals surface area contributed by atoms with Crippen LogP contribution < -0.4 is 5.32 Å². The average Bonchev–Trinajstić information content (AvgIpc) is 3.33. The molecule has 4 heterocycles. The van der Waals surface area contributed by atoms with E-state index in [0.717, 1.165) is 23.5 Å². The third kappa shape index (κ3) is 4.72. The molecule has 1 atom stereocenters. The van der Waals surface area contributed by atoms with Gasteiger partial charge in [-0.1, -0.05) is 12.1 Å². The van der Waals surface area contributed by atoms with Crippen LogP contribution in [0.15, 0.2) is 46.5 Å². The fraction of sp³-hybridized carbons (Fsp3) is 0.316. The van der Waals surface area contributed by atoms with Crippen molar-refractivity contribution in [2.24, 2.45) is 0 Å². The number of carbonyl (C=O) groups is 1. The zero-order valence-corrected chi connectivity index (χ0v) is 17.8. The van der Waals surface area contributed by atoms with Gasteiger partial charge in [0.25, 0.3) is 0 Å². The van der Waals surface area contributed by atoms with E-state index < -0.39 is 0 Å². The predicted molar refractivity (Wildman–Crippen MR) is 114 cm³/mol. The maximum atomic E-state index is 13.0. The normalized spacial score (nSPS) is 16.2. The summed E-state index contributed by atoms with van der Waals surface area (Å²) in [6.07, 6.45) is 3.82. The molecule has 1 fully saturated rings. The minimum atomic E-state index is -0.00563. The number of pyridine rings is 1. The van der Waals surface area contributed by atoms with Crippen molar-refractivity contribution in [3.8, 4) is 10.8 Å². The van der Waals surface area contributed by atoms with Crippen molar-refractivity contribution in [3.63, 3.8) is 0 Å². The standard InChI is InChI=1S/C19H20N4O2S.2ClH/c1-13-15(22-19(25-13)17-5-3-9-26-17)10-18(24)23-8-7-21-12-16(23)14-4-2-6-20-11-14;;/h2-6,9,11,16,21H,7-8,10,12H2,1H3;2*1H. The first-order valence-electron chi connectivity index (χ1n) is 8.62. The molecule has 1 saturated heterocycles. The van der Waals surface area contributed by atoms with Gasteiger partial charge in [0.15, 0.2) is 0 Å². The number of nitrogens with zero attached hydrogens (tertiary/aromatic N) is 3. The fourth-order valence-electron chi connectivity index (χ4n) is 3.22. The number of carbonyl (C=O) groups excluding carboxylic acids is 1. The summed E-state index contributed by atoms with van der Waals surface area (Å²) in [4.78, 5) is 24.6. The third-order valence-corrected chi connectivity index (χ3v) is 5.43. The van der Waals surface area contributed by atoms with Gasteiger partial charge in [-0.3, -0.25) is 9.78 Å². The Balaban J connectivity index is 0.00000140. The number of aromatic nitrogens is 2. The van der Waals surface area contributed by atoms with E-state index in [-0.39, 0.29) is 43.2 Å². The summed E-state index contributed by atoms with van der Waals surface area (Å²) in [6, 6.07) is 7.84. The largest absolute Gasteiger partial charge is 0.440 e. The van der Waals surface area contributed by atoms with Crippen LogP contribution in [0.25, 0.3) is 10.8 Å². The van der Waals surface area contributed by atoms with Crippen molar-refractivity contribution < 1.29 is 9.21 Å². The number of oxazole rings is 1. The van der Waals surface area contributed by atoms with Gasteiger partial charge in [-0.25, -0.2) is 4.98 Å². The summed E-state index contributed by atoms with van der Waals surface area (Å²) in [5.41, 5.74) is 1.76. The molecule has 6 nitrogen and oxygen atoms in total. The Kier molecular flexibility index (Phi) is 8.00. The average molecular weight is 441 g/mol. The molecule has 3 aromatic rings. The highest BCUT2D eigenvalue weighted by Crippen LogP contribution is 2.27. The van der Waals surface area contributed by atoms with Gasteiger partial charge < -0.3 is 14.6 Å².